The van der Waals surface area contributed by atoms with E-state index in [2.05, 4.69) is 11.3 Å². The predicted molar refractivity (Wildman–Crippen MR) is 33.5 cm³/mol. The Hall–Kier alpha value is -0.0201. The van der Waals surface area contributed by atoms with Crippen LogP contribution in [-0.2, 0) is 0 Å². The van der Waals surface area contributed by atoms with E-state index in [1.807, 2.05) is 0 Å². The lowest BCUT2D eigenvalue weighted by atomic mass is 9.57. The third-order valence-electron chi connectivity index (χ3n) is 0.317. The fraction of sp³-hybridized carbons (Fsp3) is 0.500. The molecule has 0 spiro atoms. The summed E-state index contributed by atoms with van der Waals surface area (Å²) in [5.74, 6) is 2.36. The second-order valence-corrected chi connectivity index (χ2v) is 1.69. The summed E-state index contributed by atoms with van der Waals surface area (Å²) >= 11 is 4.97. The van der Waals surface area contributed by atoms with E-state index in [0.29, 0.717) is 0 Å². The molecule has 0 fully saturated rings. The molecule has 0 bridgehead atoms. The Morgan fingerprint density at radius 1 is 1.57 bits per heavy atom. The quantitative estimate of drug-likeness (QED) is 0.316. The van der Waals surface area contributed by atoms with Gasteiger partial charge in [-0.15, -0.1) is 0 Å². The highest BCUT2D eigenvalue weighted by molar-refractivity contribution is 6.42. The largest absolute Gasteiger partial charge is 0.0984 e. The van der Waals surface area contributed by atoms with Gasteiger partial charge in [-0.1, -0.05) is 12.8 Å². The van der Waals surface area contributed by atoms with Crippen LogP contribution in [0.25, 0.3) is 0 Å². The lowest BCUT2D eigenvalue weighted by molar-refractivity contribution is 1.14. The van der Waals surface area contributed by atoms with Gasteiger partial charge in [-0.05, 0) is 16.8 Å². The Bertz CT molecular complexity index is 103. The first kappa shape index (κ1) is 6.98. The Morgan fingerprint density at radius 3 is 2.00 bits per heavy atom. The maximum atomic E-state index is 5.17. The summed E-state index contributed by atoms with van der Waals surface area (Å²) in [6.07, 6.45) is 0. The average Bonchev–Trinajstić information content (AvgIpc) is 1.30. The molecule has 0 aromatic carbocycles. The van der Waals surface area contributed by atoms with Gasteiger partial charge in [-0.25, -0.2) is 0 Å². The SMILES string of the molecule is [B]C([B])(C)C#CCl. The van der Waals surface area contributed by atoms with Gasteiger partial charge in [0.25, 0.3) is 0 Å². The van der Waals surface area contributed by atoms with E-state index in [4.69, 9.17) is 27.3 Å². The maximum absolute atomic E-state index is 5.17. The molecule has 0 aromatic rings. The zero-order valence-corrected chi connectivity index (χ0v) is 4.79. The van der Waals surface area contributed by atoms with Gasteiger partial charge in [0, 0.05) is 5.38 Å². The van der Waals surface area contributed by atoms with Gasteiger partial charge >= 0.3 is 0 Å². The van der Waals surface area contributed by atoms with Gasteiger partial charge in [0.2, 0.25) is 0 Å². The van der Waals surface area contributed by atoms with Crippen LogP contribution >= 0.6 is 11.6 Å². The van der Waals surface area contributed by atoms with Crippen molar-refractivity contribution >= 4 is 27.3 Å². The van der Waals surface area contributed by atoms with Crippen molar-refractivity contribution in [2.24, 2.45) is 0 Å². The van der Waals surface area contributed by atoms with E-state index in [1.54, 1.807) is 6.92 Å². The summed E-state index contributed by atoms with van der Waals surface area (Å²) in [7, 11) is 10.3. The minimum Gasteiger partial charge on any atom is -0.0984 e. The third-order valence-corrected chi connectivity index (χ3v) is 0.411. The molecule has 32 valence electrons. The number of halogens is 1. The fourth-order valence-corrected chi connectivity index (χ4v) is 0.305. The van der Waals surface area contributed by atoms with E-state index < -0.39 is 5.21 Å². The van der Waals surface area contributed by atoms with Gasteiger partial charge in [-0.3, -0.25) is 0 Å². The van der Waals surface area contributed by atoms with Crippen LogP contribution in [0.1, 0.15) is 6.92 Å². The summed E-state index contributed by atoms with van der Waals surface area (Å²) < 4.78 is 0. The standard InChI is InChI=1S/C4H3B2Cl/c1-4(5,6)2-3-7/h1H3. The van der Waals surface area contributed by atoms with Crippen LogP contribution in [0.4, 0.5) is 0 Å². The highest BCUT2D eigenvalue weighted by Gasteiger charge is 2.01. The van der Waals surface area contributed by atoms with E-state index in [0.717, 1.165) is 0 Å². The molecular weight excluding hydrogens is 105 g/mol. The molecule has 0 nitrogen and oxygen atoms in total. The molecule has 4 radical (unpaired) electrons. The summed E-state index contributed by atoms with van der Waals surface area (Å²) in [6, 6.07) is 0. The minimum absolute atomic E-state index is 0.943. The summed E-state index contributed by atoms with van der Waals surface area (Å²) in [5.41, 5.74) is 0. The molecule has 0 atom stereocenters. The van der Waals surface area contributed by atoms with Crippen molar-refractivity contribution in [1.82, 2.24) is 0 Å². The molecule has 7 heavy (non-hydrogen) atoms. The normalized spacial score (nSPS) is 9.43. The molecule has 0 aromatic heterocycles. The molecule has 0 aliphatic rings. The van der Waals surface area contributed by atoms with Gasteiger partial charge < -0.3 is 0 Å². The molecule has 3 heteroatoms. The van der Waals surface area contributed by atoms with E-state index in [-0.39, 0.29) is 0 Å². The Balaban J connectivity index is 3.72. The van der Waals surface area contributed by atoms with Gasteiger partial charge in [0.05, 0.1) is 15.7 Å². The molecular formula is C4H3B2Cl. The Morgan fingerprint density at radius 2 is 2.00 bits per heavy atom. The molecule has 0 aliphatic carbocycles. The summed E-state index contributed by atoms with van der Waals surface area (Å²) in [6.45, 7) is 1.57. The molecule has 0 saturated carbocycles. The molecule has 0 saturated heterocycles. The van der Waals surface area contributed by atoms with Crippen LogP contribution in [0.15, 0.2) is 0 Å². The van der Waals surface area contributed by atoms with Crippen molar-refractivity contribution < 1.29 is 0 Å². The zero-order valence-electron chi connectivity index (χ0n) is 4.03. The van der Waals surface area contributed by atoms with Crippen molar-refractivity contribution in [2.45, 2.75) is 12.1 Å². The first-order chi connectivity index (χ1) is 3.06. The predicted octanol–water partition coefficient (Wildman–Crippen LogP) is 0.659. The van der Waals surface area contributed by atoms with E-state index in [1.165, 1.54) is 0 Å². The highest BCUT2D eigenvalue weighted by atomic mass is 35.5. The number of hydrogen-bond donors (Lipinski definition) is 0. The van der Waals surface area contributed by atoms with Gasteiger partial charge in [0.1, 0.15) is 0 Å². The minimum atomic E-state index is -0.943. The van der Waals surface area contributed by atoms with Crippen LogP contribution in [0, 0.1) is 11.3 Å². The van der Waals surface area contributed by atoms with Crippen LogP contribution in [0.5, 0.6) is 0 Å². The van der Waals surface area contributed by atoms with Crippen molar-refractivity contribution in [1.29, 1.82) is 0 Å². The van der Waals surface area contributed by atoms with Crippen LogP contribution < -0.4 is 0 Å². The second kappa shape index (κ2) is 2.33. The lowest BCUT2D eigenvalue weighted by Gasteiger charge is -2.05. The van der Waals surface area contributed by atoms with Crippen LogP contribution in [0.3, 0.4) is 0 Å². The Labute approximate surface area is 51.4 Å². The van der Waals surface area contributed by atoms with Crippen molar-refractivity contribution in [3.63, 3.8) is 0 Å². The molecule has 0 N–H and O–H groups in total. The number of hydrogen-bond acceptors (Lipinski definition) is 0. The second-order valence-electron chi connectivity index (χ2n) is 1.50. The Kier molecular flexibility index (Phi) is 2.32. The zero-order chi connectivity index (χ0) is 5.91. The van der Waals surface area contributed by atoms with Gasteiger partial charge in [-0.2, -0.15) is 0 Å². The van der Waals surface area contributed by atoms with Gasteiger partial charge in [0.15, 0.2) is 0 Å². The third kappa shape index (κ3) is 5.98. The topological polar surface area (TPSA) is 0 Å². The van der Waals surface area contributed by atoms with E-state index >= 15 is 0 Å². The molecule has 0 amide bonds. The lowest BCUT2D eigenvalue weighted by Crippen LogP contribution is -2.02. The first-order valence-electron chi connectivity index (χ1n) is 1.77. The molecule has 0 rings (SSSR count). The summed E-state index contributed by atoms with van der Waals surface area (Å²) in [4.78, 5) is 0. The number of rotatable bonds is 0. The van der Waals surface area contributed by atoms with Crippen LogP contribution in [-0.4, -0.2) is 15.7 Å². The molecule has 0 unspecified atom stereocenters. The first-order valence-corrected chi connectivity index (χ1v) is 2.14. The fourth-order valence-electron chi connectivity index (χ4n) is 0.102. The van der Waals surface area contributed by atoms with E-state index in [9.17, 15) is 0 Å². The maximum Gasteiger partial charge on any atom is 0.0787 e. The summed E-state index contributed by atoms with van der Waals surface area (Å²) in [5, 5.41) is 1.14. The van der Waals surface area contributed by atoms with Crippen molar-refractivity contribution in [3.05, 3.63) is 0 Å². The smallest absolute Gasteiger partial charge is 0.0787 e. The molecule has 0 aliphatic heterocycles. The van der Waals surface area contributed by atoms with Crippen molar-refractivity contribution in [2.75, 3.05) is 0 Å². The monoisotopic (exact) mass is 108 g/mol. The average molecular weight is 108 g/mol. The van der Waals surface area contributed by atoms with Crippen LogP contribution in [0.2, 0.25) is 5.21 Å². The molecule has 0 heterocycles. The van der Waals surface area contributed by atoms with Crippen molar-refractivity contribution in [3.8, 4) is 11.3 Å². The highest BCUT2D eigenvalue weighted by Crippen LogP contribution is 2.09.